The van der Waals surface area contributed by atoms with E-state index >= 15 is 0 Å². The van der Waals surface area contributed by atoms with Crippen LogP contribution in [0.1, 0.15) is 6.42 Å². The molecule has 88 valence electrons. The Balaban J connectivity index is 2.92. The number of hydrogen-bond acceptors (Lipinski definition) is 2. The smallest absolute Gasteiger partial charge is 0.225 e. The van der Waals surface area contributed by atoms with Crippen LogP contribution in [-0.4, -0.2) is 25.3 Å². The number of hydrogen-bond donors (Lipinski definition) is 1. The number of carbonyl (C=O) groups excluding carboxylic acids is 1. The standard InChI is InChI=1S/C11H14Br2N2O/c1-15(2)10-4-3-8(13)7-9(10)14-11(16)5-6-12/h3-4,7H,5-6H2,1-2H3,(H,14,16). The predicted octanol–water partition coefficient (Wildman–Crippen LogP) is 3.24. The second-order valence-electron chi connectivity index (χ2n) is 3.54. The van der Waals surface area contributed by atoms with Gasteiger partial charge in [0.15, 0.2) is 0 Å². The van der Waals surface area contributed by atoms with E-state index in [0.717, 1.165) is 15.8 Å². The van der Waals surface area contributed by atoms with Gasteiger partial charge in [-0.1, -0.05) is 31.9 Å². The molecule has 1 aromatic rings. The Hall–Kier alpha value is -0.550. The van der Waals surface area contributed by atoms with Crippen molar-refractivity contribution in [2.45, 2.75) is 6.42 Å². The number of halogens is 2. The predicted molar refractivity (Wildman–Crippen MR) is 75.5 cm³/mol. The van der Waals surface area contributed by atoms with Gasteiger partial charge in [-0.3, -0.25) is 4.79 Å². The van der Waals surface area contributed by atoms with Gasteiger partial charge in [-0.05, 0) is 18.2 Å². The lowest BCUT2D eigenvalue weighted by Crippen LogP contribution is -2.16. The van der Waals surface area contributed by atoms with Crippen LogP contribution in [-0.2, 0) is 4.79 Å². The first-order chi connectivity index (χ1) is 7.54. The van der Waals surface area contributed by atoms with Crippen LogP contribution >= 0.6 is 31.9 Å². The van der Waals surface area contributed by atoms with Gasteiger partial charge < -0.3 is 10.2 Å². The number of nitrogens with zero attached hydrogens (tertiary/aromatic N) is 1. The Labute approximate surface area is 112 Å². The molecule has 3 nitrogen and oxygen atoms in total. The van der Waals surface area contributed by atoms with E-state index < -0.39 is 0 Å². The number of rotatable bonds is 4. The highest BCUT2D eigenvalue weighted by Gasteiger charge is 2.08. The maximum Gasteiger partial charge on any atom is 0.225 e. The zero-order valence-corrected chi connectivity index (χ0v) is 12.4. The van der Waals surface area contributed by atoms with Gasteiger partial charge in [-0.15, -0.1) is 0 Å². The van der Waals surface area contributed by atoms with E-state index in [4.69, 9.17) is 0 Å². The Kier molecular flexibility index (Phi) is 5.28. The van der Waals surface area contributed by atoms with Crippen molar-refractivity contribution in [1.82, 2.24) is 0 Å². The summed E-state index contributed by atoms with van der Waals surface area (Å²) >= 11 is 6.64. The summed E-state index contributed by atoms with van der Waals surface area (Å²) in [7, 11) is 3.90. The van der Waals surface area contributed by atoms with Crippen molar-refractivity contribution in [1.29, 1.82) is 0 Å². The second kappa shape index (κ2) is 6.25. The number of nitrogens with one attached hydrogen (secondary N) is 1. The molecule has 0 radical (unpaired) electrons. The van der Waals surface area contributed by atoms with Gasteiger partial charge in [0.2, 0.25) is 5.91 Å². The van der Waals surface area contributed by atoms with Crippen molar-refractivity contribution in [2.75, 3.05) is 29.6 Å². The van der Waals surface area contributed by atoms with E-state index in [1.54, 1.807) is 0 Å². The fraction of sp³-hybridized carbons (Fsp3) is 0.364. The molecule has 0 unspecified atom stereocenters. The molecule has 0 heterocycles. The molecule has 1 amide bonds. The molecule has 1 aromatic carbocycles. The first kappa shape index (κ1) is 13.5. The number of benzene rings is 1. The van der Waals surface area contributed by atoms with Crippen LogP contribution in [0, 0.1) is 0 Å². The van der Waals surface area contributed by atoms with Gasteiger partial charge >= 0.3 is 0 Å². The van der Waals surface area contributed by atoms with Crippen molar-refractivity contribution in [3.05, 3.63) is 22.7 Å². The molecule has 1 N–H and O–H groups in total. The van der Waals surface area contributed by atoms with Gasteiger partial charge in [-0.2, -0.15) is 0 Å². The fourth-order valence-electron chi connectivity index (χ4n) is 1.30. The molecular weight excluding hydrogens is 336 g/mol. The van der Waals surface area contributed by atoms with Crippen molar-refractivity contribution < 1.29 is 4.79 Å². The normalized spacial score (nSPS) is 10.0. The Bertz CT molecular complexity index is 380. The van der Waals surface area contributed by atoms with Crippen LogP contribution in [0.15, 0.2) is 22.7 Å². The molecule has 0 aromatic heterocycles. The Morgan fingerprint density at radius 2 is 2.12 bits per heavy atom. The van der Waals surface area contributed by atoms with Crippen LogP contribution in [0.5, 0.6) is 0 Å². The number of alkyl halides is 1. The van der Waals surface area contributed by atoms with E-state index in [1.165, 1.54) is 0 Å². The topological polar surface area (TPSA) is 32.3 Å². The van der Waals surface area contributed by atoms with Crippen molar-refractivity contribution in [3.63, 3.8) is 0 Å². The quantitative estimate of drug-likeness (QED) is 0.846. The third-order valence-electron chi connectivity index (χ3n) is 2.04. The van der Waals surface area contributed by atoms with Gasteiger partial charge in [0, 0.05) is 30.3 Å². The van der Waals surface area contributed by atoms with E-state index in [9.17, 15) is 4.79 Å². The summed E-state index contributed by atoms with van der Waals surface area (Å²) in [5.74, 6) is 0.0121. The first-order valence-electron chi connectivity index (χ1n) is 4.87. The summed E-state index contributed by atoms with van der Waals surface area (Å²) in [5, 5.41) is 3.56. The summed E-state index contributed by atoms with van der Waals surface area (Å²) < 4.78 is 0.951. The largest absolute Gasteiger partial charge is 0.376 e. The highest BCUT2D eigenvalue weighted by Crippen LogP contribution is 2.28. The molecular formula is C11H14Br2N2O. The molecule has 0 aliphatic rings. The monoisotopic (exact) mass is 348 g/mol. The second-order valence-corrected chi connectivity index (χ2v) is 5.25. The lowest BCUT2D eigenvalue weighted by Gasteiger charge is -2.18. The molecule has 0 bridgehead atoms. The zero-order chi connectivity index (χ0) is 12.1. The minimum Gasteiger partial charge on any atom is -0.376 e. The Morgan fingerprint density at radius 3 is 2.69 bits per heavy atom. The van der Waals surface area contributed by atoms with Gasteiger partial charge in [0.05, 0.1) is 11.4 Å². The number of amides is 1. The number of anilines is 2. The van der Waals surface area contributed by atoms with Gasteiger partial charge in [0.25, 0.3) is 0 Å². The SMILES string of the molecule is CN(C)c1ccc(Br)cc1NC(=O)CCBr. The average molecular weight is 350 g/mol. The molecule has 0 fully saturated rings. The molecule has 0 spiro atoms. The van der Waals surface area contributed by atoms with E-state index in [2.05, 4.69) is 37.2 Å². The highest BCUT2D eigenvalue weighted by atomic mass is 79.9. The maximum absolute atomic E-state index is 11.5. The van der Waals surface area contributed by atoms with Crippen LogP contribution in [0.4, 0.5) is 11.4 Å². The zero-order valence-electron chi connectivity index (χ0n) is 9.26. The average Bonchev–Trinajstić information content (AvgIpc) is 2.17. The van der Waals surface area contributed by atoms with E-state index in [-0.39, 0.29) is 5.91 Å². The Morgan fingerprint density at radius 1 is 1.44 bits per heavy atom. The van der Waals surface area contributed by atoms with Crippen molar-refractivity contribution in [3.8, 4) is 0 Å². The highest BCUT2D eigenvalue weighted by molar-refractivity contribution is 9.10. The molecule has 1 rings (SSSR count). The summed E-state index contributed by atoms with van der Waals surface area (Å²) in [6.07, 6.45) is 0.472. The van der Waals surface area contributed by atoms with Crippen LogP contribution in [0.3, 0.4) is 0 Å². The molecule has 0 aliphatic heterocycles. The van der Waals surface area contributed by atoms with Gasteiger partial charge in [0.1, 0.15) is 0 Å². The molecule has 16 heavy (non-hydrogen) atoms. The molecule has 0 saturated carbocycles. The van der Waals surface area contributed by atoms with E-state index in [0.29, 0.717) is 11.8 Å². The maximum atomic E-state index is 11.5. The molecule has 0 saturated heterocycles. The van der Waals surface area contributed by atoms with E-state index in [1.807, 2.05) is 37.2 Å². The van der Waals surface area contributed by atoms with Crippen molar-refractivity contribution in [2.24, 2.45) is 0 Å². The summed E-state index contributed by atoms with van der Waals surface area (Å²) in [6, 6.07) is 5.82. The fourth-order valence-corrected chi connectivity index (χ4v) is 2.02. The first-order valence-corrected chi connectivity index (χ1v) is 6.78. The van der Waals surface area contributed by atoms with Crippen LogP contribution in [0.25, 0.3) is 0 Å². The summed E-state index contributed by atoms with van der Waals surface area (Å²) in [6.45, 7) is 0. The molecule has 0 atom stereocenters. The van der Waals surface area contributed by atoms with Crippen LogP contribution in [0.2, 0.25) is 0 Å². The van der Waals surface area contributed by atoms with Crippen LogP contribution < -0.4 is 10.2 Å². The third kappa shape index (κ3) is 3.79. The third-order valence-corrected chi connectivity index (χ3v) is 2.93. The lowest BCUT2D eigenvalue weighted by molar-refractivity contribution is -0.115. The summed E-state index contributed by atoms with van der Waals surface area (Å²) in [5.41, 5.74) is 1.82. The van der Waals surface area contributed by atoms with Crippen molar-refractivity contribution >= 4 is 49.1 Å². The molecule has 0 aliphatic carbocycles. The van der Waals surface area contributed by atoms with Gasteiger partial charge in [-0.25, -0.2) is 0 Å². The molecule has 5 heteroatoms. The lowest BCUT2D eigenvalue weighted by atomic mass is 10.2. The minimum absolute atomic E-state index is 0.0121. The minimum atomic E-state index is 0.0121. The summed E-state index contributed by atoms with van der Waals surface area (Å²) in [4.78, 5) is 13.5. The number of carbonyl (C=O) groups is 1.